The number of hydrogen-bond donors (Lipinski definition) is 2. The van der Waals surface area contributed by atoms with Gasteiger partial charge in [0.05, 0.1) is 11.8 Å². The largest absolute Gasteiger partial charge is 0.467 e. The predicted octanol–water partition coefficient (Wildman–Crippen LogP) is 3.28. The Morgan fingerprint density at radius 1 is 1.35 bits per heavy atom. The molecule has 0 saturated carbocycles. The fraction of sp³-hybridized carbons (Fsp3) is 0.267. The maximum absolute atomic E-state index is 12.1. The molecule has 20 heavy (non-hydrogen) atoms. The molecular weight excluding hydrogens is 322 g/mol. The average Bonchev–Trinajstić information content (AvgIpc) is 2.92. The molecule has 2 N–H and O–H groups in total. The van der Waals surface area contributed by atoms with E-state index in [0.717, 1.165) is 4.47 Å². The molecule has 106 valence electrons. The lowest BCUT2D eigenvalue weighted by atomic mass is 10.1. The van der Waals surface area contributed by atoms with Crippen LogP contribution in [0, 0.1) is 0 Å². The third-order valence-electron chi connectivity index (χ3n) is 2.94. The number of nitrogens with one attached hydrogen (secondary N) is 1. The average molecular weight is 338 g/mol. The summed E-state index contributed by atoms with van der Waals surface area (Å²) in [5.74, 6) is 0.337. The van der Waals surface area contributed by atoms with E-state index in [4.69, 9.17) is 4.42 Å². The molecule has 0 radical (unpaired) electrons. The van der Waals surface area contributed by atoms with Crippen molar-refractivity contribution in [2.24, 2.45) is 0 Å². The van der Waals surface area contributed by atoms with Crippen LogP contribution in [0.4, 0.5) is 0 Å². The molecule has 1 heterocycles. The summed E-state index contributed by atoms with van der Waals surface area (Å²) in [5, 5.41) is 12.8. The van der Waals surface area contributed by atoms with Crippen molar-refractivity contribution in [3.8, 4) is 0 Å². The number of aliphatic hydroxyl groups excluding tert-OH is 1. The fourth-order valence-electron chi connectivity index (χ4n) is 1.94. The van der Waals surface area contributed by atoms with Gasteiger partial charge in [-0.25, -0.2) is 0 Å². The smallest absolute Gasteiger partial charge is 0.252 e. The van der Waals surface area contributed by atoms with Crippen LogP contribution < -0.4 is 5.32 Å². The summed E-state index contributed by atoms with van der Waals surface area (Å²) in [6, 6.07) is 10.5. The third kappa shape index (κ3) is 3.71. The Morgan fingerprint density at radius 3 is 2.75 bits per heavy atom. The minimum Gasteiger partial charge on any atom is -0.467 e. The summed E-state index contributed by atoms with van der Waals surface area (Å²) >= 11 is 3.34. The molecule has 0 saturated heterocycles. The summed E-state index contributed by atoms with van der Waals surface area (Å²) in [4.78, 5) is 12.1. The van der Waals surface area contributed by atoms with Gasteiger partial charge in [-0.15, -0.1) is 0 Å². The zero-order valence-corrected chi connectivity index (χ0v) is 12.6. The molecule has 5 heteroatoms. The Hall–Kier alpha value is -1.59. The number of hydrogen-bond acceptors (Lipinski definition) is 3. The van der Waals surface area contributed by atoms with Gasteiger partial charge in [0.1, 0.15) is 11.9 Å². The molecule has 2 unspecified atom stereocenters. The number of benzene rings is 1. The fourth-order valence-corrected chi connectivity index (χ4v) is 2.40. The van der Waals surface area contributed by atoms with E-state index in [1.165, 1.54) is 6.26 Å². The number of aliphatic hydroxyl groups is 1. The van der Waals surface area contributed by atoms with Crippen LogP contribution in [-0.4, -0.2) is 17.1 Å². The van der Waals surface area contributed by atoms with Crippen molar-refractivity contribution >= 4 is 21.8 Å². The molecule has 1 aromatic heterocycles. The van der Waals surface area contributed by atoms with E-state index < -0.39 is 6.10 Å². The molecule has 0 fully saturated rings. The number of carbonyl (C=O) groups is 1. The quantitative estimate of drug-likeness (QED) is 0.879. The first-order valence-electron chi connectivity index (χ1n) is 6.35. The molecule has 0 aliphatic carbocycles. The van der Waals surface area contributed by atoms with Gasteiger partial charge in [-0.05, 0) is 47.1 Å². The molecule has 2 rings (SSSR count). The Balaban J connectivity index is 1.93. The molecule has 2 atom stereocenters. The van der Waals surface area contributed by atoms with Gasteiger partial charge in [-0.3, -0.25) is 4.79 Å². The van der Waals surface area contributed by atoms with Crippen LogP contribution >= 0.6 is 15.9 Å². The normalized spacial score (nSPS) is 13.8. The summed E-state index contributed by atoms with van der Waals surface area (Å²) < 4.78 is 5.88. The van der Waals surface area contributed by atoms with Crippen molar-refractivity contribution in [2.75, 3.05) is 0 Å². The highest BCUT2D eigenvalue weighted by atomic mass is 79.9. The molecular formula is C15H16BrNO3. The van der Waals surface area contributed by atoms with Crippen molar-refractivity contribution in [1.82, 2.24) is 5.32 Å². The van der Waals surface area contributed by atoms with Crippen molar-refractivity contribution < 1.29 is 14.3 Å². The Labute approximate surface area is 125 Å². The first-order chi connectivity index (χ1) is 9.58. The molecule has 1 amide bonds. The van der Waals surface area contributed by atoms with Crippen LogP contribution in [0.5, 0.6) is 0 Å². The summed E-state index contributed by atoms with van der Waals surface area (Å²) in [7, 11) is 0. The topological polar surface area (TPSA) is 62.5 Å². The van der Waals surface area contributed by atoms with Crippen LogP contribution in [-0.2, 0) is 0 Å². The Kier molecular flexibility index (Phi) is 4.98. The molecule has 2 aromatic rings. The number of carbonyl (C=O) groups excluding carboxylic acids is 1. The van der Waals surface area contributed by atoms with Crippen LogP contribution in [0.15, 0.2) is 51.6 Å². The Morgan fingerprint density at radius 2 is 2.10 bits per heavy atom. The summed E-state index contributed by atoms with van der Waals surface area (Å²) in [6.07, 6.45) is 1.19. The number of halogens is 1. The van der Waals surface area contributed by atoms with Crippen molar-refractivity contribution in [1.29, 1.82) is 0 Å². The maximum atomic E-state index is 12.1. The van der Waals surface area contributed by atoms with E-state index in [1.807, 2.05) is 25.1 Å². The summed E-state index contributed by atoms with van der Waals surface area (Å²) in [6.45, 7) is 1.85. The lowest BCUT2D eigenvalue weighted by Gasteiger charge is -2.17. The number of furan rings is 1. The van der Waals surface area contributed by atoms with Gasteiger partial charge in [-0.1, -0.05) is 12.1 Å². The first-order valence-corrected chi connectivity index (χ1v) is 7.14. The van der Waals surface area contributed by atoms with Gasteiger partial charge in [-0.2, -0.15) is 0 Å². The maximum Gasteiger partial charge on any atom is 0.252 e. The van der Waals surface area contributed by atoms with Gasteiger partial charge < -0.3 is 14.8 Å². The van der Waals surface area contributed by atoms with Gasteiger partial charge >= 0.3 is 0 Å². The van der Waals surface area contributed by atoms with Gasteiger partial charge in [0, 0.05) is 16.9 Å². The van der Waals surface area contributed by atoms with E-state index in [2.05, 4.69) is 21.2 Å². The van der Waals surface area contributed by atoms with Crippen molar-refractivity contribution in [2.45, 2.75) is 25.5 Å². The van der Waals surface area contributed by atoms with E-state index in [9.17, 15) is 9.90 Å². The van der Waals surface area contributed by atoms with Crippen LogP contribution in [0.25, 0.3) is 0 Å². The predicted molar refractivity (Wildman–Crippen MR) is 79.4 cm³/mol. The SMILES string of the molecule is CC(CC(O)c1ccco1)NC(=O)c1ccccc1Br. The zero-order valence-electron chi connectivity index (χ0n) is 11.0. The molecule has 0 spiro atoms. The van der Waals surface area contributed by atoms with Crippen molar-refractivity contribution in [3.05, 3.63) is 58.5 Å². The minimum atomic E-state index is -0.723. The second-order valence-corrected chi connectivity index (χ2v) is 5.48. The van der Waals surface area contributed by atoms with Gasteiger partial charge in [0.15, 0.2) is 0 Å². The molecule has 0 bridgehead atoms. The second-order valence-electron chi connectivity index (χ2n) is 4.62. The van der Waals surface area contributed by atoms with Crippen LogP contribution in [0.3, 0.4) is 0 Å². The highest BCUT2D eigenvalue weighted by Crippen LogP contribution is 2.19. The second kappa shape index (κ2) is 6.72. The highest BCUT2D eigenvalue weighted by Gasteiger charge is 2.17. The Bertz CT molecular complexity index is 568. The van der Waals surface area contributed by atoms with E-state index in [0.29, 0.717) is 17.7 Å². The minimum absolute atomic E-state index is 0.170. The highest BCUT2D eigenvalue weighted by molar-refractivity contribution is 9.10. The van der Waals surface area contributed by atoms with Crippen LogP contribution in [0.1, 0.15) is 35.6 Å². The molecule has 1 aromatic carbocycles. The molecule has 0 aliphatic heterocycles. The monoisotopic (exact) mass is 337 g/mol. The lowest BCUT2D eigenvalue weighted by molar-refractivity contribution is 0.0902. The van der Waals surface area contributed by atoms with Gasteiger partial charge in [0.25, 0.3) is 5.91 Å². The number of rotatable bonds is 5. The zero-order chi connectivity index (χ0) is 14.5. The summed E-state index contributed by atoms with van der Waals surface area (Å²) in [5.41, 5.74) is 0.576. The molecule has 4 nitrogen and oxygen atoms in total. The van der Waals surface area contributed by atoms with E-state index >= 15 is 0 Å². The standard InChI is InChI=1S/C15H16BrNO3/c1-10(9-13(18)14-7-4-8-20-14)17-15(19)11-5-2-3-6-12(11)16/h2-8,10,13,18H,9H2,1H3,(H,17,19). The molecule has 0 aliphatic rings. The third-order valence-corrected chi connectivity index (χ3v) is 3.64. The van der Waals surface area contributed by atoms with Crippen LogP contribution in [0.2, 0.25) is 0 Å². The number of amides is 1. The van der Waals surface area contributed by atoms with Crippen molar-refractivity contribution in [3.63, 3.8) is 0 Å². The first kappa shape index (κ1) is 14.8. The lowest BCUT2D eigenvalue weighted by Crippen LogP contribution is -2.33. The van der Waals surface area contributed by atoms with E-state index in [1.54, 1.807) is 18.2 Å². The van der Waals surface area contributed by atoms with Gasteiger partial charge in [0.2, 0.25) is 0 Å². The van der Waals surface area contributed by atoms with E-state index in [-0.39, 0.29) is 11.9 Å².